The first kappa shape index (κ1) is 11.4. The first-order valence-corrected chi connectivity index (χ1v) is 5.97. The van der Waals surface area contributed by atoms with E-state index in [0.29, 0.717) is 0 Å². The second-order valence-corrected chi connectivity index (χ2v) is 5.76. The maximum Gasteiger partial charge on any atom is 0.138 e. The van der Waals surface area contributed by atoms with E-state index in [1.165, 1.54) is 6.20 Å². The molecule has 0 atom stereocenters. The van der Waals surface area contributed by atoms with Crippen molar-refractivity contribution in [2.75, 3.05) is 0 Å². The lowest BCUT2D eigenvalue weighted by atomic mass is 9.84. The van der Waals surface area contributed by atoms with Gasteiger partial charge in [0.25, 0.3) is 0 Å². The van der Waals surface area contributed by atoms with Gasteiger partial charge in [-0.25, -0.2) is 0 Å². The molecule has 1 N–H and O–H groups in total. The summed E-state index contributed by atoms with van der Waals surface area (Å²) in [6.45, 7) is 6.26. The lowest BCUT2D eigenvalue weighted by Gasteiger charge is -2.22. The third-order valence-electron chi connectivity index (χ3n) is 2.58. The molecule has 1 aromatic heterocycles. The van der Waals surface area contributed by atoms with E-state index >= 15 is 0 Å². The van der Waals surface area contributed by atoms with Crippen LogP contribution in [0.3, 0.4) is 0 Å². The number of para-hydroxylation sites is 1. The van der Waals surface area contributed by atoms with Gasteiger partial charge in [-0.15, -0.1) is 0 Å². The van der Waals surface area contributed by atoms with Gasteiger partial charge in [0.15, 0.2) is 0 Å². The number of benzene rings is 1. The smallest absolute Gasteiger partial charge is 0.138 e. The number of hydrogen-bond acceptors (Lipinski definition) is 2. The maximum absolute atomic E-state index is 9.96. The molecule has 0 aliphatic heterocycles. The summed E-state index contributed by atoms with van der Waals surface area (Å²) in [5.74, 6) is 0.262. The summed E-state index contributed by atoms with van der Waals surface area (Å²) >= 11 is 3.48. The van der Waals surface area contributed by atoms with Crippen molar-refractivity contribution in [3.63, 3.8) is 0 Å². The molecule has 0 aliphatic carbocycles. The zero-order valence-corrected chi connectivity index (χ0v) is 11.2. The molecule has 3 heteroatoms. The van der Waals surface area contributed by atoms with E-state index in [1.807, 2.05) is 18.2 Å². The Hall–Kier alpha value is -1.09. The van der Waals surface area contributed by atoms with E-state index in [0.717, 1.165) is 20.9 Å². The summed E-state index contributed by atoms with van der Waals surface area (Å²) in [4.78, 5) is 4.26. The molecular formula is C13H14BrNO. The summed E-state index contributed by atoms with van der Waals surface area (Å²) in [6, 6.07) is 5.91. The van der Waals surface area contributed by atoms with Crippen LogP contribution in [0, 0.1) is 0 Å². The zero-order chi connectivity index (χ0) is 11.9. The number of aromatic hydroxyl groups is 1. The van der Waals surface area contributed by atoms with Gasteiger partial charge in [-0.2, -0.15) is 0 Å². The number of fused-ring (bicyclic) bond motifs is 1. The summed E-state index contributed by atoms with van der Waals surface area (Å²) in [5.41, 5.74) is 1.73. The van der Waals surface area contributed by atoms with Crippen LogP contribution in [0.15, 0.2) is 28.9 Å². The van der Waals surface area contributed by atoms with Crippen LogP contribution in [0.4, 0.5) is 0 Å². The second-order valence-electron chi connectivity index (χ2n) is 4.90. The molecule has 16 heavy (non-hydrogen) atoms. The number of halogens is 1. The fourth-order valence-electron chi connectivity index (χ4n) is 1.96. The highest BCUT2D eigenvalue weighted by Gasteiger charge is 2.22. The molecule has 0 unspecified atom stereocenters. The third-order valence-corrected chi connectivity index (χ3v) is 3.22. The molecule has 2 aromatic rings. The minimum absolute atomic E-state index is 0.105. The van der Waals surface area contributed by atoms with E-state index in [2.05, 4.69) is 41.7 Å². The number of nitrogens with zero attached hydrogens (tertiary/aromatic N) is 1. The average molecular weight is 280 g/mol. The first-order chi connectivity index (χ1) is 7.41. The molecule has 84 valence electrons. The van der Waals surface area contributed by atoms with Crippen LogP contribution in [0.25, 0.3) is 10.9 Å². The highest BCUT2D eigenvalue weighted by Crippen LogP contribution is 2.37. The normalized spacial score (nSPS) is 12.0. The first-order valence-electron chi connectivity index (χ1n) is 5.18. The minimum Gasteiger partial charge on any atom is -0.506 e. The van der Waals surface area contributed by atoms with Crippen molar-refractivity contribution >= 4 is 26.8 Å². The molecule has 0 aliphatic rings. The molecule has 0 amide bonds. The Kier molecular flexibility index (Phi) is 2.66. The standard InChI is InChI=1S/C13H14BrNO/c1-13(2,3)11-8-5-4-6-9(14)12(8)15-7-10(11)16/h4-7,16H,1-3H3. The number of rotatable bonds is 0. The lowest BCUT2D eigenvalue weighted by molar-refractivity contribution is 0.447. The Morgan fingerprint density at radius 2 is 1.94 bits per heavy atom. The van der Waals surface area contributed by atoms with Gasteiger partial charge >= 0.3 is 0 Å². The van der Waals surface area contributed by atoms with Gasteiger partial charge in [0.1, 0.15) is 5.75 Å². The van der Waals surface area contributed by atoms with Crippen LogP contribution in [-0.4, -0.2) is 10.1 Å². The quantitative estimate of drug-likeness (QED) is 0.791. The summed E-state index contributed by atoms with van der Waals surface area (Å²) in [7, 11) is 0. The van der Waals surface area contributed by atoms with Crippen molar-refractivity contribution in [2.45, 2.75) is 26.2 Å². The fourth-order valence-corrected chi connectivity index (χ4v) is 2.43. The highest BCUT2D eigenvalue weighted by atomic mass is 79.9. The Balaban J connectivity index is 2.91. The van der Waals surface area contributed by atoms with Crippen molar-refractivity contribution in [3.05, 3.63) is 34.4 Å². The van der Waals surface area contributed by atoms with E-state index < -0.39 is 0 Å². The third kappa shape index (κ3) is 1.80. The Morgan fingerprint density at radius 1 is 1.25 bits per heavy atom. The molecule has 0 saturated heterocycles. The monoisotopic (exact) mass is 279 g/mol. The Bertz CT molecular complexity index is 543. The fraction of sp³-hybridized carbons (Fsp3) is 0.308. The predicted octanol–water partition coefficient (Wildman–Crippen LogP) is 4.00. The van der Waals surface area contributed by atoms with Gasteiger partial charge in [-0.05, 0) is 27.4 Å². The molecule has 0 spiro atoms. The molecule has 0 saturated carbocycles. The Morgan fingerprint density at radius 3 is 2.56 bits per heavy atom. The van der Waals surface area contributed by atoms with Gasteiger partial charge in [-0.1, -0.05) is 32.9 Å². The van der Waals surface area contributed by atoms with Crippen LogP contribution >= 0.6 is 15.9 Å². The van der Waals surface area contributed by atoms with Crippen LogP contribution in [0.5, 0.6) is 5.75 Å². The molecule has 1 aromatic carbocycles. The van der Waals surface area contributed by atoms with Crippen molar-refractivity contribution < 1.29 is 5.11 Å². The summed E-state index contributed by atoms with van der Waals surface area (Å²) in [5, 5.41) is 11.0. The van der Waals surface area contributed by atoms with E-state index in [-0.39, 0.29) is 11.2 Å². The molecule has 0 radical (unpaired) electrons. The van der Waals surface area contributed by atoms with Gasteiger partial charge in [0.2, 0.25) is 0 Å². The summed E-state index contributed by atoms with van der Waals surface area (Å²) in [6.07, 6.45) is 1.52. The number of hydrogen-bond donors (Lipinski definition) is 1. The van der Waals surface area contributed by atoms with Crippen molar-refractivity contribution in [3.8, 4) is 5.75 Å². The topological polar surface area (TPSA) is 33.1 Å². The van der Waals surface area contributed by atoms with E-state index in [9.17, 15) is 5.11 Å². The largest absolute Gasteiger partial charge is 0.506 e. The molecular weight excluding hydrogens is 266 g/mol. The van der Waals surface area contributed by atoms with Crippen molar-refractivity contribution in [2.24, 2.45) is 0 Å². The molecule has 0 bridgehead atoms. The number of aromatic nitrogens is 1. The zero-order valence-electron chi connectivity index (χ0n) is 9.58. The van der Waals surface area contributed by atoms with E-state index in [1.54, 1.807) is 0 Å². The van der Waals surface area contributed by atoms with Gasteiger partial charge in [0.05, 0.1) is 11.7 Å². The summed E-state index contributed by atoms with van der Waals surface area (Å²) < 4.78 is 0.954. The lowest BCUT2D eigenvalue weighted by Crippen LogP contribution is -2.12. The van der Waals surface area contributed by atoms with Crippen LogP contribution < -0.4 is 0 Å². The average Bonchev–Trinajstić information content (AvgIpc) is 2.15. The molecule has 1 heterocycles. The minimum atomic E-state index is -0.105. The molecule has 0 fully saturated rings. The number of pyridine rings is 1. The van der Waals surface area contributed by atoms with Gasteiger partial charge in [0, 0.05) is 15.4 Å². The van der Waals surface area contributed by atoms with Crippen molar-refractivity contribution in [1.82, 2.24) is 4.98 Å². The van der Waals surface area contributed by atoms with E-state index in [4.69, 9.17) is 0 Å². The SMILES string of the molecule is CC(C)(C)c1c(O)cnc2c(Br)cccc12. The van der Waals surface area contributed by atoms with Crippen LogP contribution in [0.1, 0.15) is 26.3 Å². The van der Waals surface area contributed by atoms with Gasteiger partial charge < -0.3 is 5.11 Å². The second kappa shape index (κ2) is 3.74. The van der Waals surface area contributed by atoms with Crippen molar-refractivity contribution in [1.29, 1.82) is 0 Å². The van der Waals surface area contributed by atoms with Gasteiger partial charge in [-0.3, -0.25) is 4.98 Å². The molecule has 2 nitrogen and oxygen atoms in total. The van der Waals surface area contributed by atoms with Crippen LogP contribution in [-0.2, 0) is 5.41 Å². The predicted molar refractivity (Wildman–Crippen MR) is 69.8 cm³/mol. The Labute approximate surface area is 103 Å². The highest BCUT2D eigenvalue weighted by molar-refractivity contribution is 9.10. The molecule has 2 rings (SSSR count). The maximum atomic E-state index is 9.96. The van der Waals surface area contributed by atoms with Crippen LogP contribution in [0.2, 0.25) is 0 Å².